The first-order valence-corrected chi connectivity index (χ1v) is 9.10. The molecule has 0 aliphatic rings. The van der Waals surface area contributed by atoms with E-state index in [9.17, 15) is 0 Å². The molecular weight excluding hydrogens is 354 g/mol. The average molecular weight is 372 g/mol. The fourth-order valence-electron chi connectivity index (χ4n) is 2.69. The van der Waals surface area contributed by atoms with Crippen LogP contribution in [-0.2, 0) is 0 Å². The van der Waals surface area contributed by atoms with E-state index in [1.165, 1.54) is 6.33 Å². The van der Waals surface area contributed by atoms with Gasteiger partial charge in [0.15, 0.2) is 22.1 Å². The quantitative estimate of drug-likeness (QED) is 0.669. The highest BCUT2D eigenvalue weighted by Crippen LogP contribution is 2.36. The summed E-state index contributed by atoms with van der Waals surface area (Å²) < 4.78 is 2.08. The van der Waals surface area contributed by atoms with E-state index in [4.69, 9.17) is 28.7 Å². The van der Waals surface area contributed by atoms with Crippen LogP contribution in [0, 0.1) is 19.3 Å². The molecule has 0 aliphatic carbocycles. The van der Waals surface area contributed by atoms with Gasteiger partial charge in [0, 0.05) is 22.4 Å². The molecule has 0 bridgehead atoms. The number of aromatic nitrogens is 4. The van der Waals surface area contributed by atoms with Gasteiger partial charge >= 0.3 is 0 Å². The maximum Gasteiger partial charge on any atom is 0.175 e. The number of rotatable bonds is 5. The van der Waals surface area contributed by atoms with Crippen molar-refractivity contribution in [2.45, 2.75) is 42.8 Å². The fourth-order valence-corrected chi connectivity index (χ4v) is 3.94. The zero-order chi connectivity index (χ0) is 18.0. The number of aryl methyl sites for hydroxylation is 1. The minimum Gasteiger partial charge on any atom is -0.382 e. The SMILES string of the molecule is C#CCC(CC)n1c(Sc2ccc(Cl)cc2C)nc2c(N)ncnc21. The zero-order valence-corrected chi connectivity index (χ0v) is 15.6. The maximum atomic E-state index is 6.06. The number of nitrogens with zero attached hydrogens (tertiary/aromatic N) is 4. The first-order chi connectivity index (χ1) is 12.0. The maximum absolute atomic E-state index is 6.06. The van der Waals surface area contributed by atoms with Gasteiger partial charge in [-0.1, -0.05) is 30.3 Å². The number of imidazole rings is 1. The Balaban J connectivity index is 2.16. The molecule has 7 heteroatoms. The van der Waals surface area contributed by atoms with Crippen molar-refractivity contribution in [1.82, 2.24) is 19.5 Å². The molecule has 0 fully saturated rings. The molecule has 3 aromatic rings. The first kappa shape index (κ1) is 17.6. The Morgan fingerprint density at radius 1 is 1.40 bits per heavy atom. The third kappa shape index (κ3) is 3.44. The van der Waals surface area contributed by atoms with Crippen LogP contribution in [0.5, 0.6) is 0 Å². The molecule has 1 unspecified atom stereocenters. The van der Waals surface area contributed by atoms with Crippen molar-refractivity contribution in [2.24, 2.45) is 0 Å². The summed E-state index contributed by atoms with van der Waals surface area (Å²) in [7, 11) is 0. The monoisotopic (exact) mass is 371 g/mol. The summed E-state index contributed by atoms with van der Waals surface area (Å²) in [5.41, 5.74) is 8.40. The van der Waals surface area contributed by atoms with Crippen molar-refractivity contribution < 1.29 is 0 Å². The predicted octanol–water partition coefficient (Wildman–Crippen LogP) is 4.50. The molecule has 0 aliphatic heterocycles. The van der Waals surface area contributed by atoms with Crippen molar-refractivity contribution >= 4 is 40.3 Å². The molecule has 0 amide bonds. The average Bonchev–Trinajstić information content (AvgIpc) is 2.95. The van der Waals surface area contributed by atoms with Gasteiger partial charge in [0.1, 0.15) is 6.33 Å². The van der Waals surface area contributed by atoms with E-state index in [2.05, 4.69) is 27.4 Å². The second-order valence-corrected chi connectivity index (χ2v) is 7.12. The van der Waals surface area contributed by atoms with Crippen molar-refractivity contribution in [3.63, 3.8) is 0 Å². The Hall–Kier alpha value is -2.23. The van der Waals surface area contributed by atoms with Crippen LogP contribution in [0.1, 0.15) is 31.4 Å². The summed E-state index contributed by atoms with van der Waals surface area (Å²) in [5.74, 6) is 3.12. The number of benzene rings is 1. The van der Waals surface area contributed by atoms with Crippen molar-refractivity contribution in [2.75, 3.05) is 5.73 Å². The molecule has 2 heterocycles. The summed E-state index contributed by atoms with van der Waals surface area (Å²) >= 11 is 7.62. The fraction of sp³-hybridized carbons (Fsp3) is 0.278. The van der Waals surface area contributed by atoms with Crippen LogP contribution in [0.3, 0.4) is 0 Å². The molecule has 25 heavy (non-hydrogen) atoms. The standard InChI is InChI=1S/C18H18ClN5S/c1-4-6-13(5-2)24-17-15(16(20)21-10-22-17)23-18(24)25-14-8-7-12(19)9-11(14)3/h1,7-10,13H,5-6H2,2-3H3,(H2,20,21,22). The summed E-state index contributed by atoms with van der Waals surface area (Å²) in [6.45, 7) is 4.12. The molecule has 0 saturated carbocycles. The summed E-state index contributed by atoms with van der Waals surface area (Å²) in [4.78, 5) is 14.2. The number of hydrogen-bond donors (Lipinski definition) is 1. The number of anilines is 1. The second-order valence-electron chi connectivity index (χ2n) is 5.68. The lowest BCUT2D eigenvalue weighted by Gasteiger charge is -2.17. The highest BCUT2D eigenvalue weighted by atomic mass is 35.5. The summed E-state index contributed by atoms with van der Waals surface area (Å²) in [6.07, 6.45) is 8.49. The molecule has 2 N–H and O–H groups in total. The first-order valence-electron chi connectivity index (χ1n) is 7.91. The summed E-state index contributed by atoms with van der Waals surface area (Å²) in [5, 5.41) is 1.51. The van der Waals surface area contributed by atoms with Crippen LogP contribution < -0.4 is 5.73 Å². The van der Waals surface area contributed by atoms with Crippen LogP contribution in [0.15, 0.2) is 34.6 Å². The molecule has 1 atom stereocenters. The van der Waals surface area contributed by atoms with Crippen LogP contribution in [0.25, 0.3) is 11.2 Å². The number of terminal acetylenes is 1. The lowest BCUT2D eigenvalue weighted by atomic mass is 10.1. The minimum absolute atomic E-state index is 0.0967. The Labute approximate surface area is 156 Å². The number of nitrogen functional groups attached to an aromatic ring is 1. The van der Waals surface area contributed by atoms with E-state index >= 15 is 0 Å². The van der Waals surface area contributed by atoms with Gasteiger partial charge in [-0.15, -0.1) is 12.3 Å². The molecule has 128 valence electrons. The van der Waals surface area contributed by atoms with E-state index < -0.39 is 0 Å². The zero-order valence-electron chi connectivity index (χ0n) is 14.0. The minimum atomic E-state index is 0.0967. The number of nitrogens with two attached hydrogens (primary N) is 1. The predicted molar refractivity (Wildman–Crippen MR) is 103 cm³/mol. The van der Waals surface area contributed by atoms with Gasteiger partial charge in [0.25, 0.3) is 0 Å². The van der Waals surface area contributed by atoms with Crippen molar-refractivity contribution in [1.29, 1.82) is 0 Å². The van der Waals surface area contributed by atoms with Gasteiger partial charge < -0.3 is 5.73 Å². The Morgan fingerprint density at radius 3 is 2.88 bits per heavy atom. The number of fused-ring (bicyclic) bond motifs is 1. The molecule has 1 aromatic carbocycles. The lowest BCUT2D eigenvalue weighted by Crippen LogP contribution is -2.10. The third-order valence-electron chi connectivity index (χ3n) is 4.00. The van der Waals surface area contributed by atoms with Gasteiger partial charge in [-0.2, -0.15) is 0 Å². The second kappa shape index (κ2) is 7.34. The lowest BCUT2D eigenvalue weighted by molar-refractivity contribution is 0.473. The Bertz CT molecular complexity index is 960. The van der Waals surface area contributed by atoms with E-state index in [1.807, 2.05) is 25.1 Å². The van der Waals surface area contributed by atoms with Crippen LogP contribution >= 0.6 is 23.4 Å². The largest absolute Gasteiger partial charge is 0.382 e. The number of halogens is 1. The van der Waals surface area contributed by atoms with E-state index in [0.717, 1.165) is 22.0 Å². The van der Waals surface area contributed by atoms with Gasteiger partial charge in [0.05, 0.1) is 0 Å². The molecular formula is C18H18ClN5S. The molecule has 2 aromatic heterocycles. The van der Waals surface area contributed by atoms with Gasteiger partial charge in [-0.25, -0.2) is 15.0 Å². The van der Waals surface area contributed by atoms with Gasteiger partial charge in [-0.05, 0) is 37.1 Å². The normalized spacial score (nSPS) is 12.2. The number of hydrogen-bond acceptors (Lipinski definition) is 5. The highest BCUT2D eigenvalue weighted by molar-refractivity contribution is 7.99. The molecule has 0 saturated heterocycles. The Morgan fingerprint density at radius 2 is 2.20 bits per heavy atom. The van der Waals surface area contributed by atoms with Gasteiger partial charge in [0.2, 0.25) is 0 Å². The Kier molecular flexibility index (Phi) is 5.16. The van der Waals surface area contributed by atoms with E-state index in [-0.39, 0.29) is 6.04 Å². The molecule has 3 rings (SSSR count). The van der Waals surface area contributed by atoms with Crippen molar-refractivity contribution in [3.05, 3.63) is 35.1 Å². The van der Waals surface area contributed by atoms with E-state index in [1.54, 1.807) is 11.8 Å². The smallest absolute Gasteiger partial charge is 0.175 e. The molecule has 0 radical (unpaired) electrons. The topological polar surface area (TPSA) is 69.6 Å². The molecule has 5 nitrogen and oxygen atoms in total. The highest BCUT2D eigenvalue weighted by Gasteiger charge is 2.21. The van der Waals surface area contributed by atoms with Crippen molar-refractivity contribution in [3.8, 4) is 12.3 Å². The van der Waals surface area contributed by atoms with Crippen LogP contribution in [0.4, 0.5) is 5.82 Å². The van der Waals surface area contributed by atoms with E-state index in [0.29, 0.717) is 28.4 Å². The van der Waals surface area contributed by atoms with Crippen LogP contribution in [-0.4, -0.2) is 19.5 Å². The van der Waals surface area contributed by atoms with Crippen LogP contribution in [0.2, 0.25) is 5.02 Å². The molecule has 0 spiro atoms. The third-order valence-corrected chi connectivity index (χ3v) is 5.38. The van der Waals surface area contributed by atoms with Gasteiger partial charge in [-0.3, -0.25) is 4.57 Å². The summed E-state index contributed by atoms with van der Waals surface area (Å²) in [6, 6.07) is 5.89.